The van der Waals surface area contributed by atoms with Crippen molar-refractivity contribution >= 4 is 50.9 Å². The van der Waals surface area contributed by atoms with Gasteiger partial charge < -0.3 is 20.9 Å². The van der Waals surface area contributed by atoms with Gasteiger partial charge in [-0.3, -0.25) is 15.0 Å². The molecule has 3 aromatic rings. The fourth-order valence-electron chi connectivity index (χ4n) is 4.69. The van der Waals surface area contributed by atoms with Crippen LogP contribution in [0.3, 0.4) is 0 Å². The van der Waals surface area contributed by atoms with E-state index in [9.17, 15) is 18.0 Å². The summed E-state index contributed by atoms with van der Waals surface area (Å²) in [6, 6.07) is 19.2. The van der Waals surface area contributed by atoms with Crippen molar-refractivity contribution in [2.75, 3.05) is 46.8 Å². The molecule has 0 saturated heterocycles. The molecule has 0 saturated carbocycles. The average molecular weight is 690 g/mol. The zero-order chi connectivity index (χ0) is 33.9. The minimum atomic E-state index is -4.20. The molecule has 0 aliphatic heterocycles. The third-order valence-electron chi connectivity index (χ3n) is 7.43. The molecule has 0 spiro atoms. The van der Waals surface area contributed by atoms with E-state index in [2.05, 4.69) is 10.2 Å². The number of amides is 2. The smallest absolute Gasteiger partial charge is 0.245 e. The van der Waals surface area contributed by atoms with Gasteiger partial charge in [0.2, 0.25) is 21.8 Å². The summed E-state index contributed by atoms with van der Waals surface area (Å²) in [7, 11) is -0.232. The Morgan fingerprint density at radius 3 is 2.17 bits per heavy atom. The number of unbranched alkanes of at least 4 members (excludes halogenated alkanes) is 1. The standard InChI is InChI=1S/C33H42Cl2N6O4S/c1-24-28(34)15-16-29(32(24)35)46(44,45)41(20-17-25-9-5-4-6-10-25)23-30(42)38-21-31(43)40(19-8-7-18-39(2)3)22-26-11-13-27(14-12-26)33(36)37/h4-6,9-16H,7-8,17-23H2,1-3H3,(H3,36,37)(H,38,42). The number of halogens is 2. The number of nitrogen functional groups attached to an aromatic ring is 1. The van der Waals surface area contributed by atoms with Crippen LogP contribution >= 0.6 is 23.2 Å². The van der Waals surface area contributed by atoms with E-state index in [-0.39, 0.29) is 34.8 Å². The molecule has 0 aliphatic rings. The van der Waals surface area contributed by atoms with E-state index in [4.69, 9.17) is 34.3 Å². The molecule has 0 aromatic heterocycles. The topological polar surface area (TPSA) is 140 Å². The van der Waals surface area contributed by atoms with Crippen molar-refractivity contribution in [3.05, 3.63) is 99.0 Å². The molecule has 13 heteroatoms. The number of sulfonamides is 1. The van der Waals surface area contributed by atoms with Crippen LogP contribution in [0.4, 0.5) is 0 Å². The van der Waals surface area contributed by atoms with Crippen LogP contribution in [0.2, 0.25) is 10.0 Å². The number of carbonyl (C=O) groups is 2. The first kappa shape index (κ1) is 37.0. The van der Waals surface area contributed by atoms with Crippen molar-refractivity contribution in [1.82, 2.24) is 19.4 Å². The highest BCUT2D eigenvalue weighted by Crippen LogP contribution is 2.32. The molecular weight excluding hydrogens is 647 g/mol. The average Bonchev–Trinajstić information content (AvgIpc) is 3.02. The van der Waals surface area contributed by atoms with E-state index in [1.54, 1.807) is 24.0 Å². The van der Waals surface area contributed by atoms with Crippen molar-refractivity contribution in [3.63, 3.8) is 0 Å². The monoisotopic (exact) mass is 688 g/mol. The number of carbonyl (C=O) groups excluding carboxylic acids is 2. The van der Waals surface area contributed by atoms with Gasteiger partial charge in [0.25, 0.3) is 0 Å². The first-order chi connectivity index (χ1) is 21.8. The highest BCUT2D eigenvalue weighted by Gasteiger charge is 2.30. The molecule has 0 unspecified atom stereocenters. The van der Waals surface area contributed by atoms with Crippen molar-refractivity contribution in [2.24, 2.45) is 5.73 Å². The SMILES string of the molecule is Cc1c(Cl)ccc(S(=O)(=O)N(CCc2ccccc2)CC(=O)NCC(=O)N(CCCCN(C)C)Cc2ccc(C(=N)N)cc2)c1Cl. The number of amidine groups is 1. The first-order valence-electron chi connectivity index (χ1n) is 14.9. The zero-order valence-electron chi connectivity index (χ0n) is 26.4. The van der Waals surface area contributed by atoms with Gasteiger partial charge in [-0.2, -0.15) is 4.31 Å². The normalized spacial score (nSPS) is 11.5. The van der Waals surface area contributed by atoms with Gasteiger partial charge in [0, 0.05) is 30.2 Å². The summed E-state index contributed by atoms with van der Waals surface area (Å²) >= 11 is 12.6. The molecule has 0 atom stereocenters. The molecule has 0 aliphatic carbocycles. The van der Waals surface area contributed by atoms with E-state index in [0.29, 0.717) is 35.7 Å². The van der Waals surface area contributed by atoms with Crippen molar-refractivity contribution < 1.29 is 18.0 Å². The maximum absolute atomic E-state index is 13.8. The van der Waals surface area contributed by atoms with Crippen LogP contribution < -0.4 is 11.1 Å². The largest absolute Gasteiger partial charge is 0.384 e. The molecule has 248 valence electrons. The molecule has 10 nitrogen and oxygen atoms in total. The second kappa shape index (κ2) is 17.4. The van der Waals surface area contributed by atoms with E-state index in [1.165, 1.54) is 12.1 Å². The second-order valence-electron chi connectivity index (χ2n) is 11.3. The minimum Gasteiger partial charge on any atom is -0.384 e. The predicted molar refractivity (Wildman–Crippen MR) is 184 cm³/mol. The Balaban J connectivity index is 1.74. The molecule has 46 heavy (non-hydrogen) atoms. The Morgan fingerprint density at radius 2 is 1.54 bits per heavy atom. The van der Waals surface area contributed by atoms with Crippen LogP contribution in [0, 0.1) is 12.3 Å². The second-order valence-corrected chi connectivity index (χ2v) is 14.0. The number of rotatable bonds is 17. The summed E-state index contributed by atoms with van der Waals surface area (Å²) in [6.45, 7) is 2.49. The third-order valence-corrected chi connectivity index (χ3v) is 10.3. The lowest BCUT2D eigenvalue weighted by molar-refractivity contribution is -0.133. The maximum Gasteiger partial charge on any atom is 0.245 e. The van der Waals surface area contributed by atoms with E-state index in [1.807, 2.05) is 56.6 Å². The van der Waals surface area contributed by atoms with E-state index >= 15 is 0 Å². The highest BCUT2D eigenvalue weighted by molar-refractivity contribution is 7.89. The van der Waals surface area contributed by atoms with Gasteiger partial charge in [-0.25, -0.2) is 8.42 Å². The minimum absolute atomic E-state index is 0.00552. The molecule has 2 amide bonds. The summed E-state index contributed by atoms with van der Waals surface area (Å²) < 4.78 is 28.7. The van der Waals surface area contributed by atoms with Crippen LogP contribution in [-0.4, -0.2) is 87.0 Å². The molecule has 3 aromatic carbocycles. The highest BCUT2D eigenvalue weighted by atomic mass is 35.5. The van der Waals surface area contributed by atoms with Gasteiger partial charge in [0.15, 0.2) is 0 Å². The summed E-state index contributed by atoms with van der Waals surface area (Å²) in [4.78, 5) is 30.2. The van der Waals surface area contributed by atoms with Crippen molar-refractivity contribution in [1.29, 1.82) is 5.41 Å². The van der Waals surface area contributed by atoms with Gasteiger partial charge in [-0.05, 0) is 75.6 Å². The van der Waals surface area contributed by atoms with Gasteiger partial charge >= 0.3 is 0 Å². The fourth-order valence-corrected chi connectivity index (χ4v) is 6.87. The van der Waals surface area contributed by atoms with E-state index in [0.717, 1.165) is 34.8 Å². The molecule has 0 radical (unpaired) electrons. The Morgan fingerprint density at radius 1 is 0.891 bits per heavy atom. The lowest BCUT2D eigenvalue weighted by Gasteiger charge is -2.25. The van der Waals surface area contributed by atoms with Crippen LogP contribution in [0.25, 0.3) is 0 Å². The number of nitrogens with two attached hydrogens (primary N) is 1. The number of nitrogens with zero attached hydrogens (tertiary/aromatic N) is 3. The van der Waals surface area contributed by atoms with Gasteiger partial charge in [-0.15, -0.1) is 0 Å². The molecule has 0 fully saturated rings. The summed E-state index contributed by atoms with van der Waals surface area (Å²) in [5, 5.41) is 10.6. The van der Waals surface area contributed by atoms with Crippen LogP contribution in [-0.2, 0) is 32.6 Å². The lowest BCUT2D eigenvalue weighted by Crippen LogP contribution is -2.45. The maximum atomic E-state index is 13.8. The van der Waals surface area contributed by atoms with Crippen LogP contribution in [0.5, 0.6) is 0 Å². The number of hydrogen-bond acceptors (Lipinski definition) is 6. The molecule has 0 heterocycles. The summed E-state index contributed by atoms with van der Waals surface area (Å²) in [5.74, 6) is -0.965. The molecule has 3 rings (SSSR count). The molecule has 4 N–H and O–H groups in total. The number of benzene rings is 3. The Labute approximate surface area is 282 Å². The van der Waals surface area contributed by atoms with Gasteiger partial charge in [0.05, 0.1) is 18.1 Å². The van der Waals surface area contributed by atoms with Crippen molar-refractivity contribution in [2.45, 2.75) is 37.6 Å². The Kier molecular flexibility index (Phi) is 14.0. The zero-order valence-corrected chi connectivity index (χ0v) is 28.8. The predicted octanol–water partition coefficient (Wildman–Crippen LogP) is 4.31. The summed E-state index contributed by atoms with van der Waals surface area (Å²) in [6.07, 6.45) is 2.00. The van der Waals surface area contributed by atoms with E-state index < -0.39 is 22.5 Å². The molecule has 0 bridgehead atoms. The van der Waals surface area contributed by atoms with Crippen LogP contribution in [0.1, 0.15) is 35.1 Å². The number of hydrogen-bond donors (Lipinski definition) is 3. The van der Waals surface area contributed by atoms with Gasteiger partial charge in [-0.1, -0.05) is 77.8 Å². The van der Waals surface area contributed by atoms with Gasteiger partial charge in [0.1, 0.15) is 10.7 Å². The third kappa shape index (κ3) is 10.8. The Hall–Kier alpha value is -3.48. The fraction of sp³-hybridized carbons (Fsp3) is 0.364. The first-order valence-corrected chi connectivity index (χ1v) is 17.1. The number of nitrogens with one attached hydrogen (secondary N) is 2. The Bertz CT molecular complexity index is 1600. The quantitative estimate of drug-likeness (QED) is 0.110. The van der Waals surface area contributed by atoms with Crippen molar-refractivity contribution in [3.8, 4) is 0 Å². The summed E-state index contributed by atoms with van der Waals surface area (Å²) in [5.41, 5.74) is 8.33. The molecular formula is C33H42Cl2N6O4S. The van der Waals surface area contributed by atoms with Crippen LogP contribution in [0.15, 0.2) is 71.6 Å². The lowest BCUT2D eigenvalue weighted by atomic mass is 10.1.